The molecule has 7 nitrogen and oxygen atoms in total. The number of rotatable bonds is 3. The molecule has 2 saturated heterocycles. The molecule has 2 aliphatic heterocycles. The van der Waals surface area contributed by atoms with Gasteiger partial charge in [0.1, 0.15) is 5.54 Å². The van der Waals surface area contributed by atoms with Crippen molar-refractivity contribution in [2.24, 2.45) is 17.8 Å². The molecule has 0 bridgehead atoms. The molecule has 1 saturated carbocycles. The first-order valence-corrected chi connectivity index (χ1v) is 9.59. The van der Waals surface area contributed by atoms with Crippen molar-refractivity contribution in [3.05, 3.63) is 0 Å². The summed E-state index contributed by atoms with van der Waals surface area (Å²) in [5.74, 6) is 1.20. The molecule has 25 heavy (non-hydrogen) atoms. The Morgan fingerprint density at radius 3 is 2.36 bits per heavy atom. The number of amides is 4. The van der Waals surface area contributed by atoms with Gasteiger partial charge in [0.05, 0.1) is 13.1 Å². The van der Waals surface area contributed by atoms with Gasteiger partial charge in [0.2, 0.25) is 0 Å². The summed E-state index contributed by atoms with van der Waals surface area (Å²) in [6.45, 7) is 8.80. The summed E-state index contributed by atoms with van der Waals surface area (Å²) in [6, 6.07) is -0.497. The lowest BCUT2D eigenvalue weighted by Gasteiger charge is -2.33. The second-order valence-corrected chi connectivity index (χ2v) is 8.65. The molecule has 0 aromatic rings. The second kappa shape index (κ2) is 6.94. The van der Waals surface area contributed by atoms with Crippen LogP contribution in [0.3, 0.4) is 0 Å². The third kappa shape index (κ3) is 3.81. The SMILES string of the molecule is CC1CCC2(CC1)NC(=O)N(NC(=O)C[NH+]1C[C@H](C)C[C@H](C)C1)C2=O. The van der Waals surface area contributed by atoms with Gasteiger partial charge in [0.15, 0.2) is 6.54 Å². The number of imide groups is 1. The van der Waals surface area contributed by atoms with Crippen molar-refractivity contribution >= 4 is 17.8 Å². The van der Waals surface area contributed by atoms with Crippen molar-refractivity contribution < 1.29 is 19.3 Å². The minimum atomic E-state index is -0.808. The minimum Gasteiger partial charge on any atom is -0.327 e. The molecule has 4 amide bonds. The zero-order valence-electron chi connectivity index (χ0n) is 15.6. The first kappa shape index (κ1) is 18.2. The lowest BCUT2D eigenvalue weighted by atomic mass is 9.77. The van der Waals surface area contributed by atoms with Crippen LogP contribution in [-0.4, -0.2) is 48.0 Å². The molecule has 1 aliphatic carbocycles. The summed E-state index contributed by atoms with van der Waals surface area (Å²) in [7, 11) is 0. The van der Waals surface area contributed by atoms with Crippen molar-refractivity contribution in [3.8, 4) is 0 Å². The predicted molar refractivity (Wildman–Crippen MR) is 92.4 cm³/mol. The quantitative estimate of drug-likeness (QED) is 0.630. The molecule has 1 spiro atoms. The lowest BCUT2D eigenvalue weighted by Crippen LogP contribution is -3.15. The number of hydrogen-bond donors (Lipinski definition) is 3. The van der Waals surface area contributed by atoms with E-state index in [4.69, 9.17) is 0 Å². The van der Waals surface area contributed by atoms with Crippen LogP contribution >= 0.6 is 0 Å². The van der Waals surface area contributed by atoms with E-state index in [1.54, 1.807) is 0 Å². The molecule has 2 heterocycles. The molecule has 3 atom stereocenters. The molecular weight excluding hydrogens is 320 g/mol. The van der Waals surface area contributed by atoms with Crippen molar-refractivity contribution in [2.45, 2.75) is 58.4 Å². The van der Waals surface area contributed by atoms with Gasteiger partial charge in [-0.15, -0.1) is 0 Å². The Hall–Kier alpha value is -1.63. The zero-order valence-corrected chi connectivity index (χ0v) is 15.6. The molecule has 0 radical (unpaired) electrons. The number of piperidine rings is 1. The number of quaternary nitrogens is 1. The molecule has 0 aromatic heterocycles. The summed E-state index contributed by atoms with van der Waals surface area (Å²) in [5, 5.41) is 3.74. The lowest BCUT2D eigenvalue weighted by molar-refractivity contribution is -0.904. The Morgan fingerprint density at radius 1 is 1.16 bits per heavy atom. The monoisotopic (exact) mass is 351 g/mol. The van der Waals surface area contributed by atoms with Gasteiger partial charge in [-0.3, -0.25) is 15.0 Å². The molecule has 3 aliphatic rings. The summed E-state index contributed by atoms with van der Waals surface area (Å²) in [4.78, 5) is 38.6. The molecular formula is C18H31N4O3+. The Labute approximate surface area is 149 Å². The minimum absolute atomic E-state index is 0.263. The maximum atomic E-state index is 12.8. The van der Waals surface area contributed by atoms with Gasteiger partial charge in [-0.25, -0.2) is 4.79 Å². The van der Waals surface area contributed by atoms with Gasteiger partial charge in [0, 0.05) is 11.8 Å². The largest absolute Gasteiger partial charge is 0.344 e. The number of hydrogen-bond acceptors (Lipinski definition) is 3. The average Bonchev–Trinajstić information content (AvgIpc) is 2.74. The van der Waals surface area contributed by atoms with E-state index in [0.717, 1.165) is 30.9 Å². The number of urea groups is 1. The number of carbonyl (C=O) groups is 3. The number of nitrogens with zero attached hydrogens (tertiary/aromatic N) is 1. The molecule has 3 N–H and O–H groups in total. The fraction of sp³-hybridized carbons (Fsp3) is 0.833. The summed E-state index contributed by atoms with van der Waals surface area (Å²) < 4.78 is 0. The maximum absolute atomic E-state index is 12.8. The molecule has 1 unspecified atom stereocenters. The zero-order chi connectivity index (χ0) is 18.2. The normalized spacial score (nSPS) is 38.8. The van der Waals surface area contributed by atoms with Crippen molar-refractivity contribution in [2.75, 3.05) is 19.6 Å². The summed E-state index contributed by atoms with van der Waals surface area (Å²) in [6.07, 6.45) is 4.33. The smallest absolute Gasteiger partial charge is 0.327 e. The van der Waals surface area contributed by atoms with Gasteiger partial charge >= 0.3 is 6.03 Å². The van der Waals surface area contributed by atoms with Crippen LogP contribution in [0.1, 0.15) is 52.9 Å². The van der Waals surface area contributed by atoms with Crippen LogP contribution in [0.2, 0.25) is 0 Å². The maximum Gasteiger partial charge on any atom is 0.344 e. The van der Waals surface area contributed by atoms with E-state index in [1.165, 1.54) is 11.3 Å². The van der Waals surface area contributed by atoms with E-state index >= 15 is 0 Å². The molecule has 0 aromatic carbocycles. The third-order valence-electron chi connectivity index (χ3n) is 6.02. The van der Waals surface area contributed by atoms with E-state index in [9.17, 15) is 14.4 Å². The van der Waals surface area contributed by atoms with E-state index in [2.05, 4.69) is 31.5 Å². The van der Waals surface area contributed by atoms with Crippen molar-refractivity contribution in [1.82, 2.24) is 15.8 Å². The highest BCUT2D eigenvalue weighted by Gasteiger charge is 2.53. The number of nitrogens with one attached hydrogen (secondary N) is 3. The van der Waals surface area contributed by atoms with Crippen LogP contribution in [0.15, 0.2) is 0 Å². The van der Waals surface area contributed by atoms with Gasteiger partial charge in [-0.1, -0.05) is 20.8 Å². The van der Waals surface area contributed by atoms with Crippen LogP contribution in [0.5, 0.6) is 0 Å². The standard InChI is InChI=1S/C18H30N4O3/c1-12-4-6-18(7-5-12)16(24)22(17(25)19-18)20-15(23)11-21-9-13(2)8-14(3)10-21/h12-14H,4-11H2,1-3H3,(H,19,25)(H,20,23)/p+1/t12?,13-,14+,18?. The average molecular weight is 351 g/mol. The highest BCUT2D eigenvalue weighted by molar-refractivity contribution is 6.08. The molecule has 3 rings (SSSR count). The van der Waals surface area contributed by atoms with Crippen LogP contribution in [0.4, 0.5) is 4.79 Å². The van der Waals surface area contributed by atoms with Crippen LogP contribution in [0, 0.1) is 17.8 Å². The van der Waals surface area contributed by atoms with Gasteiger partial charge in [-0.2, -0.15) is 5.01 Å². The Balaban J connectivity index is 1.58. The first-order chi connectivity index (χ1) is 11.8. The highest BCUT2D eigenvalue weighted by atomic mass is 16.2. The van der Waals surface area contributed by atoms with E-state index in [0.29, 0.717) is 37.1 Å². The molecule has 7 heteroatoms. The fourth-order valence-corrected chi connectivity index (χ4v) is 4.77. The second-order valence-electron chi connectivity index (χ2n) is 8.65. The molecule has 140 valence electrons. The van der Waals surface area contributed by atoms with Gasteiger partial charge < -0.3 is 10.2 Å². The van der Waals surface area contributed by atoms with Crippen molar-refractivity contribution in [3.63, 3.8) is 0 Å². The van der Waals surface area contributed by atoms with Gasteiger partial charge in [0.25, 0.3) is 11.8 Å². The first-order valence-electron chi connectivity index (χ1n) is 9.59. The summed E-state index contributed by atoms with van der Waals surface area (Å²) in [5.41, 5.74) is 1.74. The van der Waals surface area contributed by atoms with E-state index in [1.807, 2.05) is 0 Å². The summed E-state index contributed by atoms with van der Waals surface area (Å²) >= 11 is 0. The Bertz CT molecular complexity index is 547. The van der Waals surface area contributed by atoms with E-state index in [-0.39, 0.29) is 11.8 Å². The molecule has 3 fully saturated rings. The number of carbonyl (C=O) groups excluding carboxylic acids is 3. The Morgan fingerprint density at radius 2 is 1.76 bits per heavy atom. The van der Waals surface area contributed by atoms with Crippen molar-refractivity contribution in [1.29, 1.82) is 0 Å². The highest BCUT2D eigenvalue weighted by Crippen LogP contribution is 2.35. The van der Waals surface area contributed by atoms with Crippen LogP contribution in [0.25, 0.3) is 0 Å². The number of likely N-dealkylation sites (tertiary alicyclic amines) is 1. The van der Waals surface area contributed by atoms with E-state index < -0.39 is 11.6 Å². The fourth-order valence-electron chi connectivity index (χ4n) is 4.77. The van der Waals surface area contributed by atoms with Gasteiger partial charge in [-0.05, 0) is 38.0 Å². The predicted octanol–water partition coefficient (Wildman–Crippen LogP) is 0.0791. The number of hydrazine groups is 1. The topological polar surface area (TPSA) is 83.0 Å². The third-order valence-corrected chi connectivity index (χ3v) is 6.02. The Kier molecular flexibility index (Phi) is 5.04. The van der Waals surface area contributed by atoms with Crippen LogP contribution < -0.4 is 15.6 Å². The van der Waals surface area contributed by atoms with Crippen LogP contribution in [-0.2, 0) is 9.59 Å².